The summed E-state index contributed by atoms with van der Waals surface area (Å²) in [5.74, 6) is -1.38. The van der Waals surface area contributed by atoms with Gasteiger partial charge in [0.1, 0.15) is 11.4 Å². The van der Waals surface area contributed by atoms with Crippen LogP contribution in [-0.4, -0.2) is 60.7 Å². The molecule has 0 radical (unpaired) electrons. The maximum Gasteiger partial charge on any atom is 0.354 e. The molecule has 12 heteroatoms. The molecule has 35 heavy (non-hydrogen) atoms. The molecule has 1 heterocycles. The summed E-state index contributed by atoms with van der Waals surface area (Å²) in [5.41, 5.74) is 3.28. The lowest BCUT2D eigenvalue weighted by molar-refractivity contribution is -0.385. The summed E-state index contributed by atoms with van der Waals surface area (Å²) < 4.78 is 15.3. The number of carbonyl (C=O) groups excluding carboxylic acids is 3. The number of benzene rings is 2. The van der Waals surface area contributed by atoms with Crippen LogP contribution in [0.15, 0.2) is 41.5 Å². The van der Waals surface area contributed by atoms with Gasteiger partial charge in [0.15, 0.2) is 11.5 Å². The van der Waals surface area contributed by atoms with Gasteiger partial charge in [-0.2, -0.15) is 5.10 Å². The number of rotatable bonds is 11. The van der Waals surface area contributed by atoms with E-state index in [0.717, 1.165) is 4.90 Å². The van der Waals surface area contributed by atoms with Crippen molar-refractivity contribution in [2.75, 3.05) is 32.8 Å². The van der Waals surface area contributed by atoms with Crippen LogP contribution in [0.3, 0.4) is 0 Å². The molecule has 0 unspecified atom stereocenters. The second kappa shape index (κ2) is 11.1. The normalized spacial score (nSPS) is 12.9. The molecule has 0 bridgehead atoms. The number of carbonyl (C=O) groups is 3. The summed E-state index contributed by atoms with van der Waals surface area (Å²) in [5, 5.41) is 15.4. The third-order valence-corrected chi connectivity index (χ3v) is 5.19. The van der Waals surface area contributed by atoms with Crippen LogP contribution in [0.25, 0.3) is 0 Å². The van der Waals surface area contributed by atoms with E-state index in [1.165, 1.54) is 26.4 Å². The molecule has 0 spiro atoms. The number of hydrogen-bond donors (Lipinski definition) is 1. The van der Waals surface area contributed by atoms with Crippen molar-refractivity contribution in [3.63, 3.8) is 0 Å². The quantitative estimate of drug-likeness (QED) is 0.167. The Hall–Kier alpha value is -4.48. The number of hydrogen-bond acceptors (Lipinski definition) is 10. The zero-order valence-electron chi connectivity index (χ0n) is 19.4. The summed E-state index contributed by atoms with van der Waals surface area (Å²) in [6.07, 6.45) is 0.344. The summed E-state index contributed by atoms with van der Waals surface area (Å²) in [4.78, 5) is 49.3. The van der Waals surface area contributed by atoms with E-state index in [0.29, 0.717) is 11.1 Å². The number of nitrogens with one attached hydrogen (secondary N) is 1. The SMILES string of the molecule is CCOC(=O)C(CCCN1C(=O)c2ccccc2C1=O)=NNc1cc(OC)c([N+](=O)[O-])cc1OC. The second-order valence-corrected chi connectivity index (χ2v) is 7.28. The van der Waals surface area contributed by atoms with Crippen molar-refractivity contribution >= 4 is 34.9 Å². The Bertz CT molecular complexity index is 1160. The van der Waals surface area contributed by atoms with Gasteiger partial charge in [-0.05, 0) is 25.5 Å². The van der Waals surface area contributed by atoms with Gasteiger partial charge in [-0.1, -0.05) is 12.1 Å². The monoisotopic (exact) mass is 484 g/mol. The average Bonchev–Trinajstić information content (AvgIpc) is 3.10. The maximum atomic E-state index is 12.5. The first-order valence-electron chi connectivity index (χ1n) is 10.7. The highest BCUT2D eigenvalue weighted by molar-refractivity contribution is 6.36. The molecule has 2 amide bonds. The molecule has 2 aromatic carbocycles. The number of nitro benzene ring substituents is 1. The first kappa shape index (κ1) is 25.1. The highest BCUT2D eigenvalue weighted by atomic mass is 16.6. The number of amides is 2. The molecule has 0 saturated carbocycles. The van der Waals surface area contributed by atoms with Crippen LogP contribution in [0.2, 0.25) is 0 Å². The van der Waals surface area contributed by atoms with Crippen LogP contribution in [0, 0.1) is 10.1 Å². The number of nitrogens with zero attached hydrogens (tertiary/aromatic N) is 3. The Balaban J connectivity index is 1.76. The topological polar surface area (TPSA) is 150 Å². The van der Waals surface area contributed by atoms with Crippen LogP contribution < -0.4 is 14.9 Å². The second-order valence-electron chi connectivity index (χ2n) is 7.28. The van der Waals surface area contributed by atoms with Crippen LogP contribution in [0.5, 0.6) is 11.5 Å². The lowest BCUT2D eigenvalue weighted by atomic mass is 10.1. The van der Waals surface area contributed by atoms with Crippen LogP contribution in [0.4, 0.5) is 11.4 Å². The van der Waals surface area contributed by atoms with Gasteiger partial charge in [-0.3, -0.25) is 30.0 Å². The molecule has 0 aliphatic carbocycles. The molecule has 3 rings (SSSR count). The fraction of sp³-hybridized carbons (Fsp3) is 0.304. The van der Waals surface area contributed by atoms with Crippen LogP contribution in [0.1, 0.15) is 40.5 Å². The van der Waals surface area contributed by atoms with Crippen molar-refractivity contribution in [2.45, 2.75) is 19.8 Å². The Kier molecular flexibility index (Phi) is 7.97. The molecule has 1 aliphatic rings. The predicted octanol–water partition coefficient (Wildman–Crippen LogP) is 3.02. The highest BCUT2D eigenvalue weighted by Crippen LogP contribution is 2.37. The van der Waals surface area contributed by atoms with E-state index < -0.39 is 10.9 Å². The van der Waals surface area contributed by atoms with Crippen molar-refractivity contribution in [3.05, 3.63) is 57.6 Å². The number of fused-ring (bicyclic) bond motifs is 1. The van der Waals surface area contributed by atoms with E-state index >= 15 is 0 Å². The zero-order valence-corrected chi connectivity index (χ0v) is 19.4. The standard InChI is InChI=1S/C23H24N4O8/c1-4-35-23(30)16(10-7-11-26-21(28)14-8-5-6-9-15(14)22(26)29)24-25-17-12-20(34-3)18(27(31)32)13-19(17)33-2/h5-6,8-9,12-13,25H,4,7,10-11H2,1-3H3. The molecule has 0 fully saturated rings. The van der Waals surface area contributed by atoms with Gasteiger partial charge in [0, 0.05) is 19.0 Å². The fourth-order valence-electron chi connectivity index (χ4n) is 3.50. The minimum Gasteiger partial charge on any atom is -0.494 e. The summed E-state index contributed by atoms with van der Waals surface area (Å²) in [6, 6.07) is 9.05. The minimum absolute atomic E-state index is 0.00262. The number of ether oxygens (including phenoxy) is 3. The van der Waals surface area contributed by atoms with E-state index in [4.69, 9.17) is 14.2 Å². The Morgan fingerprint density at radius 2 is 1.71 bits per heavy atom. The van der Waals surface area contributed by atoms with Gasteiger partial charge in [0.05, 0.1) is 42.9 Å². The van der Waals surface area contributed by atoms with Crippen molar-refractivity contribution in [2.24, 2.45) is 5.10 Å². The first-order chi connectivity index (χ1) is 16.8. The average molecular weight is 484 g/mol. The number of hydrazone groups is 1. The molecule has 184 valence electrons. The van der Waals surface area contributed by atoms with E-state index in [2.05, 4.69) is 10.5 Å². The molecular weight excluding hydrogens is 460 g/mol. The number of methoxy groups -OCH3 is 2. The maximum absolute atomic E-state index is 12.5. The van der Waals surface area contributed by atoms with Crippen LogP contribution >= 0.6 is 0 Å². The molecule has 12 nitrogen and oxygen atoms in total. The van der Waals surface area contributed by atoms with Gasteiger partial charge in [-0.25, -0.2) is 4.79 Å². The minimum atomic E-state index is -0.685. The Morgan fingerprint density at radius 1 is 1.09 bits per heavy atom. The molecular formula is C23H24N4O8. The molecule has 0 atom stereocenters. The van der Waals surface area contributed by atoms with Gasteiger partial charge in [0.2, 0.25) is 0 Å². The van der Waals surface area contributed by atoms with E-state index in [1.807, 2.05) is 0 Å². The summed E-state index contributed by atoms with van der Waals surface area (Å²) in [6.45, 7) is 1.84. The van der Waals surface area contributed by atoms with Gasteiger partial charge < -0.3 is 14.2 Å². The Labute approximate surface area is 200 Å². The van der Waals surface area contributed by atoms with E-state index in [1.54, 1.807) is 31.2 Å². The van der Waals surface area contributed by atoms with Gasteiger partial charge in [0.25, 0.3) is 11.8 Å². The van der Waals surface area contributed by atoms with Crippen molar-refractivity contribution in [1.29, 1.82) is 0 Å². The number of esters is 1. The van der Waals surface area contributed by atoms with Gasteiger partial charge in [-0.15, -0.1) is 0 Å². The highest BCUT2D eigenvalue weighted by Gasteiger charge is 2.34. The van der Waals surface area contributed by atoms with E-state index in [-0.39, 0.29) is 66.4 Å². The van der Waals surface area contributed by atoms with Gasteiger partial charge >= 0.3 is 11.7 Å². The number of anilines is 1. The van der Waals surface area contributed by atoms with E-state index in [9.17, 15) is 24.5 Å². The molecule has 1 aliphatic heterocycles. The number of nitro groups is 1. The molecule has 1 N–H and O–H groups in total. The lowest BCUT2D eigenvalue weighted by Crippen LogP contribution is -2.31. The molecule has 0 aromatic heterocycles. The van der Waals surface area contributed by atoms with Crippen LogP contribution in [-0.2, 0) is 9.53 Å². The first-order valence-corrected chi connectivity index (χ1v) is 10.7. The summed E-state index contributed by atoms with van der Waals surface area (Å²) >= 11 is 0. The summed E-state index contributed by atoms with van der Waals surface area (Å²) in [7, 11) is 2.61. The smallest absolute Gasteiger partial charge is 0.354 e. The fourth-order valence-corrected chi connectivity index (χ4v) is 3.50. The largest absolute Gasteiger partial charge is 0.494 e. The zero-order chi connectivity index (χ0) is 25.5. The number of imide groups is 1. The lowest BCUT2D eigenvalue weighted by Gasteiger charge is -2.14. The molecule has 2 aromatic rings. The van der Waals surface area contributed by atoms with Crippen molar-refractivity contribution in [3.8, 4) is 11.5 Å². The molecule has 0 saturated heterocycles. The Morgan fingerprint density at radius 3 is 2.26 bits per heavy atom. The predicted molar refractivity (Wildman–Crippen MR) is 125 cm³/mol. The van der Waals surface area contributed by atoms with Crippen molar-refractivity contribution in [1.82, 2.24) is 4.90 Å². The van der Waals surface area contributed by atoms with Crippen molar-refractivity contribution < 1.29 is 33.5 Å². The third-order valence-electron chi connectivity index (χ3n) is 5.19. The third kappa shape index (κ3) is 5.37.